The smallest absolute Gasteiger partial charge is 0.395 e. The van der Waals surface area contributed by atoms with E-state index in [0.717, 1.165) is 29.7 Å². The molecule has 2 aliphatic rings. The SMILES string of the molecule is [2H]c1c(CC(=O)C2(c3ccc4c(c3)OC(F)(F)O4)C([2H])([2H])C2([2H])[2H])c(F)c([2H])c2c1c([2H])c(C(C)(C)C([2H])([2H])C)n2C[C@@H](O)C([2H])([2H])O. The number of carbonyl (C=O) groups is 1. The lowest BCUT2D eigenvalue weighted by atomic mass is 9.86. The monoisotopic (exact) mass is 528 g/mol. The van der Waals surface area contributed by atoms with Crippen molar-refractivity contribution in [3.05, 3.63) is 59.0 Å². The van der Waals surface area contributed by atoms with Crippen LogP contribution in [0.3, 0.4) is 0 Å². The van der Waals surface area contributed by atoms with E-state index >= 15 is 4.39 Å². The highest BCUT2D eigenvalue weighted by atomic mass is 19.3. The molecule has 198 valence electrons. The number of Topliss-reactive ketones (excluding diaryl/α,β-unsaturated/α-hetero) is 1. The molecule has 2 N–H and O–H groups in total. The molecule has 0 unspecified atom stereocenters. The molecule has 0 spiro atoms. The van der Waals surface area contributed by atoms with Gasteiger partial charge in [0.2, 0.25) is 0 Å². The summed E-state index contributed by atoms with van der Waals surface area (Å²) in [5.41, 5.74) is -6.58. The van der Waals surface area contributed by atoms with E-state index in [-0.39, 0.29) is 5.69 Å². The number of nitrogens with zero attached hydrogens (tertiary/aromatic N) is 1. The van der Waals surface area contributed by atoms with Gasteiger partial charge in [0, 0.05) is 31.1 Å². The van der Waals surface area contributed by atoms with Crippen molar-refractivity contribution < 1.29 is 52.7 Å². The summed E-state index contributed by atoms with van der Waals surface area (Å²) in [6, 6.07) is 0.108. The number of carbonyl (C=O) groups excluding carboxylic acids is 1. The summed E-state index contributed by atoms with van der Waals surface area (Å²) in [5, 5.41) is 19.7. The van der Waals surface area contributed by atoms with Crippen LogP contribution in [0.4, 0.5) is 13.2 Å². The average Bonchev–Trinajstić information content (AvgIpc) is 3.17. The first-order chi connectivity index (χ1) is 21.6. The van der Waals surface area contributed by atoms with Gasteiger partial charge in [-0.3, -0.25) is 4.79 Å². The van der Waals surface area contributed by atoms with Crippen LogP contribution in [0.2, 0.25) is 0 Å². The number of aliphatic hydroxyl groups is 2. The maximum Gasteiger partial charge on any atom is 0.586 e. The Kier molecular flexibility index (Phi) is 3.65. The summed E-state index contributed by atoms with van der Waals surface area (Å²) < 4.78 is 145. The van der Waals surface area contributed by atoms with Crippen LogP contribution in [-0.2, 0) is 28.6 Å². The number of rotatable bonds is 9. The number of benzene rings is 2. The molecule has 0 saturated heterocycles. The molecule has 9 heteroatoms. The topological polar surface area (TPSA) is 80.9 Å². The summed E-state index contributed by atoms with van der Waals surface area (Å²) in [5.74, 6) is -3.97. The molecule has 2 aromatic carbocycles. The number of hydrogen-bond acceptors (Lipinski definition) is 5. The lowest BCUT2D eigenvalue weighted by molar-refractivity contribution is -0.286. The lowest BCUT2D eigenvalue weighted by Crippen LogP contribution is -2.26. The highest BCUT2D eigenvalue weighted by molar-refractivity contribution is 5.95. The Morgan fingerprint density at radius 3 is 2.62 bits per heavy atom. The summed E-state index contributed by atoms with van der Waals surface area (Å²) in [7, 11) is 0. The Bertz CT molecular complexity index is 1850. The van der Waals surface area contributed by atoms with E-state index in [9.17, 15) is 23.8 Å². The predicted octanol–water partition coefficient (Wildman–Crippen LogP) is 4.99. The van der Waals surface area contributed by atoms with Crippen LogP contribution < -0.4 is 9.47 Å². The van der Waals surface area contributed by atoms with Gasteiger partial charge in [-0.25, -0.2) is 4.39 Å². The van der Waals surface area contributed by atoms with E-state index in [1.165, 1.54) is 13.8 Å². The first kappa shape index (κ1) is 15.4. The van der Waals surface area contributed by atoms with Gasteiger partial charge >= 0.3 is 6.29 Å². The molecule has 1 saturated carbocycles. The normalized spacial score (nSPS) is 26.1. The molecule has 3 aromatic rings. The number of ether oxygens (including phenoxy) is 2. The number of hydrogen-bond donors (Lipinski definition) is 2. The molecule has 5 rings (SSSR count). The Hall–Kier alpha value is -3.04. The molecule has 0 amide bonds. The minimum Gasteiger partial charge on any atom is -0.395 e. The van der Waals surface area contributed by atoms with Gasteiger partial charge in [0.05, 0.1) is 37.0 Å². The summed E-state index contributed by atoms with van der Waals surface area (Å²) in [6.45, 7) is -0.316. The van der Waals surface area contributed by atoms with Gasteiger partial charge < -0.3 is 24.3 Å². The summed E-state index contributed by atoms with van der Waals surface area (Å²) in [6.07, 6.45) is -15.6. The molecule has 0 radical (unpaired) electrons. The lowest BCUT2D eigenvalue weighted by Gasteiger charge is -2.26. The van der Waals surface area contributed by atoms with E-state index in [1.54, 1.807) is 0 Å². The molecule has 6 nitrogen and oxygen atoms in total. The summed E-state index contributed by atoms with van der Waals surface area (Å²) in [4.78, 5) is 14.0. The van der Waals surface area contributed by atoms with Crippen LogP contribution in [0.1, 0.15) is 71.8 Å². The van der Waals surface area contributed by atoms with Crippen molar-refractivity contribution in [3.63, 3.8) is 0 Å². The highest BCUT2D eigenvalue weighted by Gasteiger charge is 2.52. The minimum absolute atomic E-state index is 0.304. The standard InChI is InChI=1S/C28H30F3NO5/c1-4-26(2,3)24-10-17-9-16(20(29)13-21(17)32(24)14-19(34)15-33)11-25(35)27(7-8-27)18-5-6-22-23(12-18)37-28(30,31)36-22/h5-6,9-10,12-13,19,33-34H,4,7-8,11,14-15H2,1-3H3/t19-/m1/s1/i4D2,7D2,8D2,9D,10D,13D,15D2. The van der Waals surface area contributed by atoms with Gasteiger partial charge in [-0.1, -0.05) is 26.8 Å². The first-order valence-corrected chi connectivity index (χ1v) is 11.2. The zero-order valence-electron chi connectivity index (χ0n) is 30.9. The van der Waals surface area contributed by atoms with Crippen LogP contribution in [0.25, 0.3) is 10.9 Å². The van der Waals surface area contributed by atoms with E-state index in [0.29, 0.717) is 0 Å². The molecule has 1 aliphatic heterocycles. The molecule has 0 bridgehead atoms. The van der Waals surface area contributed by atoms with E-state index in [2.05, 4.69) is 9.47 Å². The second-order valence-corrected chi connectivity index (χ2v) is 9.30. The van der Waals surface area contributed by atoms with Crippen molar-refractivity contribution in [3.8, 4) is 11.5 Å². The molecule has 1 fully saturated rings. The molecule has 2 heterocycles. The Morgan fingerprint density at radius 1 is 1.27 bits per heavy atom. The van der Waals surface area contributed by atoms with Crippen LogP contribution in [-0.4, -0.2) is 39.5 Å². The van der Waals surface area contributed by atoms with Gasteiger partial charge in [0.15, 0.2) is 11.5 Å². The van der Waals surface area contributed by atoms with Gasteiger partial charge in [-0.05, 0) is 60.5 Å². The third kappa shape index (κ3) is 4.48. The van der Waals surface area contributed by atoms with Crippen LogP contribution >= 0.6 is 0 Å². The average molecular weight is 529 g/mol. The van der Waals surface area contributed by atoms with Crippen LogP contribution in [0.5, 0.6) is 11.5 Å². The number of aliphatic hydroxyl groups excluding tert-OH is 1. The van der Waals surface area contributed by atoms with Gasteiger partial charge in [-0.2, -0.15) is 0 Å². The van der Waals surface area contributed by atoms with Crippen LogP contribution in [0.15, 0.2) is 36.3 Å². The Labute approximate surface area is 228 Å². The molecule has 1 aliphatic carbocycles. The van der Waals surface area contributed by atoms with Crippen molar-refractivity contribution in [2.45, 2.75) is 76.1 Å². The summed E-state index contributed by atoms with van der Waals surface area (Å²) >= 11 is 0. The zero-order chi connectivity index (χ0) is 36.5. The van der Waals surface area contributed by atoms with Gasteiger partial charge in [-0.15, -0.1) is 8.78 Å². The minimum atomic E-state index is -4.09. The number of alkyl halides is 2. The quantitative estimate of drug-likeness (QED) is 0.409. The molecular weight excluding hydrogens is 487 g/mol. The van der Waals surface area contributed by atoms with Crippen molar-refractivity contribution in [1.82, 2.24) is 4.57 Å². The number of fused-ring (bicyclic) bond motifs is 2. The van der Waals surface area contributed by atoms with Gasteiger partial charge in [0.1, 0.15) is 11.6 Å². The zero-order valence-corrected chi connectivity index (χ0v) is 19.9. The fourth-order valence-corrected chi connectivity index (χ4v) is 4.21. The Morgan fingerprint density at radius 2 is 1.97 bits per heavy atom. The second-order valence-electron chi connectivity index (χ2n) is 9.30. The fourth-order valence-electron chi connectivity index (χ4n) is 4.21. The number of halogens is 3. The number of aromatic nitrogens is 1. The highest BCUT2D eigenvalue weighted by Crippen LogP contribution is 2.52. The molecule has 1 aromatic heterocycles. The van der Waals surface area contributed by atoms with Crippen molar-refractivity contribution in [2.75, 3.05) is 6.56 Å². The van der Waals surface area contributed by atoms with E-state index < -0.39 is 125 Å². The number of ketones is 1. The maximum atomic E-state index is 16.1. The fraction of sp³-hybridized carbons (Fsp3) is 0.464. The predicted molar refractivity (Wildman–Crippen MR) is 131 cm³/mol. The van der Waals surface area contributed by atoms with Crippen molar-refractivity contribution in [1.29, 1.82) is 0 Å². The van der Waals surface area contributed by atoms with E-state index in [4.69, 9.17) is 15.1 Å². The third-order valence-corrected chi connectivity index (χ3v) is 6.48. The van der Waals surface area contributed by atoms with Gasteiger partial charge in [0.25, 0.3) is 0 Å². The third-order valence-electron chi connectivity index (χ3n) is 6.48. The van der Waals surface area contributed by atoms with Crippen molar-refractivity contribution >= 4 is 16.7 Å². The Balaban J connectivity index is 1.71. The second kappa shape index (κ2) is 8.77. The maximum absolute atomic E-state index is 16.1. The first-order valence-electron chi connectivity index (χ1n) is 16.7. The van der Waals surface area contributed by atoms with Crippen LogP contribution in [0, 0.1) is 5.82 Å². The molecular formula is C28H30F3NO5. The van der Waals surface area contributed by atoms with Crippen molar-refractivity contribution in [2.24, 2.45) is 0 Å². The molecule has 1 atom stereocenters. The molecule has 37 heavy (non-hydrogen) atoms. The largest absolute Gasteiger partial charge is 0.586 e. The van der Waals surface area contributed by atoms with E-state index in [1.807, 2.05) is 0 Å².